The Morgan fingerprint density at radius 1 is 0.972 bits per heavy atom. The molecule has 0 saturated heterocycles. The molecular formula is C27H21F2N5O2. The van der Waals surface area contributed by atoms with Gasteiger partial charge in [0.05, 0.1) is 11.1 Å². The zero-order chi connectivity index (χ0) is 25.2. The average molecular weight is 485 g/mol. The SMILES string of the molecule is CNC(=O)[C@H](Cc1cc(F)cc(F)c1)NC(=O)c1cccc2[nH]c(-c3cc4ccccc4cn3)nc12. The number of fused-ring (bicyclic) bond motifs is 2. The summed E-state index contributed by atoms with van der Waals surface area (Å²) < 4.78 is 27.3. The van der Waals surface area contributed by atoms with Crippen molar-refractivity contribution >= 4 is 33.6 Å². The molecule has 0 fully saturated rings. The van der Waals surface area contributed by atoms with Gasteiger partial charge in [0, 0.05) is 31.1 Å². The minimum atomic E-state index is -1.06. The maximum atomic E-state index is 13.6. The molecule has 5 rings (SSSR count). The van der Waals surface area contributed by atoms with Crippen LogP contribution in [-0.2, 0) is 11.2 Å². The van der Waals surface area contributed by atoms with E-state index in [9.17, 15) is 18.4 Å². The Kier molecular flexibility index (Phi) is 6.12. The molecular weight excluding hydrogens is 464 g/mol. The third kappa shape index (κ3) is 4.63. The predicted octanol–water partition coefficient (Wildman–Crippen LogP) is 4.14. The number of nitrogens with one attached hydrogen (secondary N) is 3. The van der Waals surface area contributed by atoms with Gasteiger partial charge in [-0.2, -0.15) is 0 Å². The number of rotatable bonds is 6. The summed E-state index contributed by atoms with van der Waals surface area (Å²) in [5.74, 6) is -2.07. The van der Waals surface area contributed by atoms with Crippen LogP contribution in [0.25, 0.3) is 33.3 Å². The number of hydrogen-bond acceptors (Lipinski definition) is 4. The van der Waals surface area contributed by atoms with Gasteiger partial charge in [-0.15, -0.1) is 0 Å². The van der Waals surface area contributed by atoms with Gasteiger partial charge in [-0.05, 0) is 41.3 Å². The minimum Gasteiger partial charge on any atom is -0.357 e. The van der Waals surface area contributed by atoms with Crippen molar-refractivity contribution in [2.45, 2.75) is 12.5 Å². The van der Waals surface area contributed by atoms with Crippen LogP contribution in [0.1, 0.15) is 15.9 Å². The van der Waals surface area contributed by atoms with Crippen molar-refractivity contribution in [2.75, 3.05) is 7.05 Å². The van der Waals surface area contributed by atoms with Gasteiger partial charge >= 0.3 is 0 Å². The maximum Gasteiger partial charge on any atom is 0.254 e. The molecule has 0 saturated carbocycles. The molecule has 9 heteroatoms. The number of carbonyl (C=O) groups is 2. The first kappa shape index (κ1) is 23.1. The number of carbonyl (C=O) groups excluding carboxylic acids is 2. The molecule has 0 aliphatic rings. The number of aromatic amines is 1. The van der Waals surface area contributed by atoms with Crippen LogP contribution in [0.4, 0.5) is 8.78 Å². The van der Waals surface area contributed by atoms with Crippen LogP contribution in [-0.4, -0.2) is 39.9 Å². The van der Waals surface area contributed by atoms with E-state index in [1.54, 1.807) is 24.4 Å². The van der Waals surface area contributed by atoms with E-state index < -0.39 is 29.5 Å². The largest absolute Gasteiger partial charge is 0.357 e. The quantitative estimate of drug-likeness (QED) is 0.337. The molecule has 0 bridgehead atoms. The first-order valence-corrected chi connectivity index (χ1v) is 11.2. The van der Waals surface area contributed by atoms with Crippen LogP contribution >= 0.6 is 0 Å². The van der Waals surface area contributed by atoms with Gasteiger partial charge in [0.1, 0.15) is 28.9 Å². The Labute approximate surface area is 204 Å². The Morgan fingerprint density at radius 3 is 2.47 bits per heavy atom. The van der Waals surface area contributed by atoms with Crippen LogP contribution in [0.3, 0.4) is 0 Å². The van der Waals surface area contributed by atoms with E-state index in [2.05, 4.69) is 25.6 Å². The molecule has 180 valence electrons. The van der Waals surface area contributed by atoms with Crippen molar-refractivity contribution in [2.24, 2.45) is 0 Å². The summed E-state index contributed by atoms with van der Waals surface area (Å²) in [5.41, 5.74) is 2.13. The molecule has 3 aromatic carbocycles. The Morgan fingerprint density at radius 2 is 1.72 bits per heavy atom. The fourth-order valence-corrected chi connectivity index (χ4v) is 4.13. The minimum absolute atomic E-state index is 0.0944. The number of aromatic nitrogens is 3. The summed E-state index contributed by atoms with van der Waals surface area (Å²) in [6.45, 7) is 0. The molecule has 0 radical (unpaired) electrons. The molecule has 0 aliphatic heterocycles. The van der Waals surface area contributed by atoms with Gasteiger partial charge in [0.15, 0.2) is 5.82 Å². The van der Waals surface area contributed by atoms with Crippen LogP contribution < -0.4 is 10.6 Å². The van der Waals surface area contributed by atoms with E-state index in [0.717, 1.165) is 29.0 Å². The lowest BCUT2D eigenvalue weighted by Gasteiger charge is -2.18. The number of H-pyrrole nitrogens is 1. The summed E-state index contributed by atoms with van der Waals surface area (Å²) >= 11 is 0. The highest BCUT2D eigenvalue weighted by Crippen LogP contribution is 2.24. The highest BCUT2D eigenvalue weighted by molar-refractivity contribution is 6.06. The van der Waals surface area contributed by atoms with Crippen LogP contribution in [0.5, 0.6) is 0 Å². The molecule has 7 nitrogen and oxygen atoms in total. The standard InChI is InChI=1S/C27H21F2N5O2/c1-30-27(36)23(11-15-9-18(28)13-19(29)10-15)33-26(35)20-7-4-8-21-24(20)34-25(32-21)22-12-16-5-2-3-6-17(16)14-31-22/h2-10,12-14,23H,11H2,1H3,(H,30,36)(H,32,34)(H,33,35)/t23-/m0/s1. The van der Waals surface area contributed by atoms with E-state index in [0.29, 0.717) is 22.6 Å². The van der Waals surface area contributed by atoms with Gasteiger partial charge in [-0.25, -0.2) is 13.8 Å². The van der Waals surface area contributed by atoms with Gasteiger partial charge in [-0.3, -0.25) is 14.6 Å². The lowest BCUT2D eigenvalue weighted by molar-refractivity contribution is -0.122. The van der Waals surface area contributed by atoms with Crippen molar-refractivity contribution in [1.82, 2.24) is 25.6 Å². The molecule has 5 aromatic rings. The molecule has 0 spiro atoms. The number of nitrogens with zero attached hydrogens (tertiary/aromatic N) is 2. The summed E-state index contributed by atoms with van der Waals surface area (Å²) in [5, 5.41) is 7.15. The fourth-order valence-electron chi connectivity index (χ4n) is 4.13. The monoisotopic (exact) mass is 485 g/mol. The Balaban J connectivity index is 1.45. The van der Waals surface area contributed by atoms with Crippen LogP contribution in [0.2, 0.25) is 0 Å². The summed E-state index contributed by atoms with van der Waals surface area (Å²) in [7, 11) is 1.42. The molecule has 1 atom stereocenters. The number of benzene rings is 3. The Hall–Kier alpha value is -4.66. The Bertz CT molecular complexity index is 1590. The lowest BCUT2D eigenvalue weighted by atomic mass is 10.0. The van der Waals surface area contributed by atoms with Crippen molar-refractivity contribution in [1.29, 1.82) is 0 Å². The number of para-hydroxylation sites is 1. The van der Waals surface area contributed by atoms with E-state index in [1.807, 2.05) is 30.3 Å². The van der Waals surface area contributed by atoms with E-state index in [4.69, 9.17) is 0 Å². The molecule has 2 aromatic heterocycles. The number of halogens is 2. The first-order valence-electron chi connectivity index (χ1n) is 11.2. The summed E-state index contributed by atoms with van der Waals surface area (Å²) in [4.78, 5) is 38.0. The third-order valence-corrected chi connectivity index (χ3v) is 5.86. The van der Waals surface area contributed by atoms with Gasteiger partial charge in [0.25, 0.3) is 5.91 Å². The first-order chi connectivity index (χ1) is 17.4. The fraction of sp³-hybridized carbons (Fsp3) is 0.111. The molecule has 2 heterocycles. The van der Waals surface area contributed by atoms with E-state index in [-0.39, 0.29) is 17.5 Å². The van der Waals surface area contributed by atoms with E-state index in [1.165, 1.54) is 7.05 Å². The van der Waals surface area contributed by atoms with Gasteiger partial charge in [0.2, 0.25) is 5.91 Å². The topological polar surface area (TPSA) is 99.8 Å². The normalized spacial score (nSPS) is 12.0. The third-order valence-electron chi connectivity index (χ3n) is 5.86. The maximum absolute atomic E-state index is 13.6. The molecule has 3 N–H and O–H groups in total. The number of amides is 2. The van der Waals surface area contributed by atoms with Crippen molar-refractivity contribution in [3.8, 4) is 11.5 Å². The lowest BCUT2D eigenvalue weighted by Crippen LogP contribution is -2.47. The van der Waals surface area contributed by atoms with Crippen molar-refractivity contribution < 1.29 is 18.4 Å². The summed E-state index contributed by atoms with van der Waals surface area (Å²) in [6.07, 6.45) is 1.66. The highest BCUT2D eigenvalue weighted by Gasteiger charge is 2.23. The second-order valence-electron chi connectivity index (χ2n) is 8.33. The zero-order valence-electron chi connectivity index (χ0n) is 19.2. The van der Waals surface area contributed by atoms with Gasteiger partial charge in [-0.1, -0.05) is 30.3 Å². The summed E-state index contributed by atoms with van der Waals surface area (Å²) in [6, 6.07) is 16.8. The number of hydrogen-bond donors (Lipinski definition) is 3. The average Bonchev–Trinajstić information content (AvgIpc) is 3.31. The highest BCUT2D eigenvalue weighted by atomic mass is 19.1. The van der Waals surface area contributed by atoms with Gasteiger partial charge < -0.3 is 15.6 Å². The van der Waals surface area contributed by atoms with Crippen molar-refractivity contribution in [3.63, 3.8) is 0 Å². The smallest absolute Gasteiger partial charge is 0.254 e. The van der Waals surface area contributed by atoms with E-state index >= 15 is 0 Å². The second kappa shape index (κ2) is 9.53. The number of likely N-dealkylation sites (N-methyl/N-ethyl adjacent to an activating group) is 1. The van der Waals surface area contributed by atoms with Crippen LogP contribution in [0, 0.1) is 11.6 Å². The molecule has 36 heavy (non-hydrogen) atoms. The van der Waals surface area contributed by atoms with Crippen LogP contribution in [0.15, 0.2) is 72.9 Å². The molecule has 0 aliphatic carbocycles. The molecule has 0 unspecified atom stereocenters. The number of imidazole rings is 1. The van der Waals surface area contributed by atoms with Crippen molar-refractivity contribution in [3.05, 3.63) is 95.7 Å². The predicted molar refractivity (Wildman–Crippen MR) is 132 cm³/mol. The molecule has 2 amide bonds. The second-order valence-corrected chi connectivity index (χ2v) is 8.33. The zero-order valence-corrected chi connectivity index (χ0v) is 19.2. The number of pyridine rings is 1.